The van der Waals surface area contributed by atoms with Gasteiger partial charge >= 0.3 is 5.97 Å². The minimum atomic E-state index is -1.13. The molecule has 0 bridgehead atoms. The number of carboxylic acid groups (broad SMARTS) is 1. The molecule has 0 aliphatic rings. The maximum Gasteiger partial charge on any atom is 0.371 e. The van der Waals surface area contributed by atoms with E-state index in [0.29, 0.717) is 5.75 Å². The zero-order valence-electron chi connectivity index (χ0n) is 9.74. The maximum absolute atomic E-state index is 10.7. The first kappa shape index (κ1) is 11.3. The molecule has 0 aliphatic heterocycles. The quantitative estimate of drug-likeness (QED) is 0.777. The molecule has 3 rings (SSSR count). The molecular formula is C14H9NO4. The highest BCUT2D eigenvalue weighted by molar-refractivity contribution is 5.84. The maximum atomic E-state index is 10.7. The highest BCUT2D eigenvalue weighted by atomic mass is 16.6. The van der Waals surface area contributed by atoms with Crippen molar-refractivity contribution in [3.63, 3.8) is 0 Å². The number of benzene rings is 1. The molecule has 2 heterocycles. The molecule has 0 unspecified atom stereocenters. The van der Waals surface area contributed by atoms with Gasteiger partial charge in [-0.15, -0.1) is 0 Å². The Morgan fingerprint density at radius 1 is 1.21 bits per heavy atom. The van der Waals surface area contributed by atoms with Gasteiger partial charge in [-0.05, 0) is 24.3 Å². The second-order valence-electron chi connectivity index (χ2n) is 3.88. The Kier molecular flexibility index (Phi) is 2.64. The van der Waals surface area contributed by atoms with Gasteiger partial charge in [0.25, 0.3) is 5.95 Å². The fourth-order valence-electron chi connectivity index (χ4n) is 1.72. The van der Waals surface area contributed by atoms with Crippen LogP contribution in [0.5, 0.6) is 11.7 Å². The summed E-state index contributed by atoms with van der Waals surface area (Å²) in [5, 5.41) is 9.75. The number of nitrogens with zero attached hydrogens (tertiary/aromatic N) is 1. The fourth-order valence-corrected chi connectivity index (χ4v) is 1.72. The lowest BCUT2D eigenvalue weighted by molar-refractivity contribution is 0.0657. The minimum Gasteiger partial charge on any atom is -0.475 e. The van der Waals surface area contributed by atoms with Gasteiger partial charge in [-0.1, -0.05) is 6.07 Å². The number of hydrogen-bond donors (Lipinski definition) is 1. The number of hydrogen-bond acceptors (Lipinski definition) is 4. The summed E-state index contributed by atoms with van der Waals surface area (Å²) in [6.07, 6.45) is 1.70. The zero-order valence-corrected chi connectivity index (χ0v) is 9.74. The van der Waals surface area contributed by atoms with Crippen molar-refractivity contribution in [3.05, 3.63) is 54.4 Å². The van der Waals surface area contributed by atoms with E-state index in [1.165, 1.54) is 12.1 Å². The van der Waals surface area contributed by atoms with Crippen LogP contribution in [0, 0.1) is 0 Å². The van der Waals surface area contributed by atoms with Gasteiger partial charge < -0.3 is 14.3 Å². The number of ether oxygens (including phenoxy) is 1. The molecule has 5 nitrogen and oxygen atoms in total. The molecular weight excluding hydrogens is 246 g/mol. The molecule has 0 atom stereocenters. The standard InChI is InChI=1S/C14H9NO4/c16-14(17)12-5-6-13(19-12)18-10-4-3-9-2-1-7-15-11(9)8-10/h1-8H,(H,16,17). The van der Waals surface area contributed by atoms with E-state index < -0.39 is 5.97 Å². The third-order valence-corrected chi connectivity index (χ3v) is 2.59. The van der Waals surface area contributed by atoms with Gasteiger partial charge in [0.2, 0.25) is 5.76 Å². The van der Waals surface area contributed by atoms with Crippen LogP contribution >= 0.6 is 0 Å². The molecule has 0 saturated carbocycles. The van der Waals surface area contributed by atoms with Crippen molar-refractivity contribution in [1.82, 2.24) is 4.98 Å². The van der Waals surface area contributed by atoms with Crippen molar-refractivity contribution in [2.24, 2.45) is 0 Å². The Bertz CT molecular complexity index is 748. The Hall–Kier alpha value is -2.82. The van der Waals surface area contributed by atoms with Crippen molar-refractivity contribution in [2.75, 3.05) is 0 Å². The lowest BCUT2D eigenvalue weighted by Crippen LogP contribution is -1.91. The van der Waals surface area contributed by atoms with Gasteiger partial charge in [0.05, 0.1) is 5.52 Å². The number of furan rings is 1. The van der Waals surface area contributed by atoms with Crippen molar-refractivity contribution in [2.45, 2.75) is 0 Å². The molecule has 94 valence electrons. The van der Waals surface area contributed by atoms with E-state index in [9.17, 15) is 4.79 Å². The molecule has 0 radical (unpaired) electrons. The molecule has 0 fully saturated rings. The predicted molar refractivity (Wildman–Crippen MR) is 67.5 cm³/mol. The Labute approximate surface area is 108 Å². The summed E-state index contributed by atoms with van der Waals surface area (Å²) in [5.41, 5.74) is 0.796. The van der Waals surface area contributed by atoms with Crippen LogP contribution in [0.3, 0.4) is 0 Å². The highest BCUT2D eigenvalue weighted by Gasteiger charge is 2.10. The molecule has 0 spiro atoms. The van der Waals surface area contributed by atoms with Crippen LogP contribution in [0.1, 0.15) is 10.6 Å². The Morgan fingerprint density at radius 2 is 2.11 bits per heavy atom. The second-order valence-corrected chi connectivity index (χ2v) is 3.88. The normalized spacial score (nSPS) is 10.5. The van der Waals surface area contributed by atoms with Gasteiger partial charge in [-0.25, -0.2) is 4.79 Å². The molecule has 0 amide bonds. The van der Waals surface area contributed by atoms with E-state index in [1.807, 2.05) is 18.2 Å². The summed E-state index contributed by atoms with van der Waals surface area (Å²) in [5.74, 6) is -0.617. The van der Waals surface area contributed by atoms with Crippen LogP contribution in [0.2, 0.25) is 0 Å². The van der Waals surface area contributed by atoms with Crippen molar-refractivity contribution in [3.8, 4) is 11.7 Å². The summed E-state index contributed by atoms with van der Waals surface area (Å²) in [6, 6.07) is 12.0. The first-order chi connectivity index (χ1) is 9.22. The van der Waals surface area contributed by atoms with Gasteiger partial charge in [-0.2, -0.15) is 0 Å². The number of aromatic nitrogens is 1. The monoisotopic (exact) mass is 255 g/mol. The van der Waals surface area contributed by atoms with Crippen molar-refractivity contribution >= 4 is 16.9 Å². The Balaban J connectivity index is 1.89. The first-order valence-electron chi connectivity index (χ1n) is 5.58. The van der Waals surface area contributed by atoms with Crippen molar-refractivity contribution < 1.29 is 19.1 Å². The summed E-state index contributed by atoms with van der Waals surface area (Å²) in [6.45, 7) is 0. The number of carboxylic acids is 1. The van der Waals surface area contributed by atoms with Gasteiger partial charge in [0, 0.05) is 23.7 Å². The van der Waals surface area contributed by atoms with Crippen LogP contribution in [0.15, 0.2) is 53.1 Å². The first-order valence-corrected chi connectivity index (χ1v) is 5.58. The minimum absolute atomic E-state index is 0.132. The lowest BCUT2D eigenvalue weighted by Gasteiger charge is -2.03. The van der Waals surface area contributed by atoms with E-state index in [4.69, 9.17) is 14.3 Å². The van der Waals surface area contributed by atoms with E-state index in [2.05, 4.69) is 4.98 Å². The Morgan fingerprint density at radius 3 is 2.89 bits per heavy atom. The molecule has 0 saturated heterocycles. The van der Waals surface area contributed by atoms with E-state index in [1.54, 1.807) is 18.3 Å². The SMILES string of the molecule is O=C(O)c1ccc(Oc2ccc3cccnc3c2)o1. The molecule has 2 aromatic heterocycles. The van der Waals surface area contributed by atoms with Crippen LogP contribution in [0.4, 0.5) is 0 Å². The smallest absolute Gasteiger partial charge is 0.371 e. The predicted octanol–water partition coefficient (Wildman–Crippen LogP) is 3.32. The van der Waals surface area contributed by atoms with Crippen LogP contribution in [-0.2, 0) is 0 Å². The van der Waals surface area contributed by atoms with Gasteiger partial charge in [-0.3, -0.25) is 4.98 Å². The number of carbonyl (C=O) groups is 1. The van der Waals surface area contributed by atoms with E-state index in [0.717, 1.165) is 10.9 Å². The largest absolute Gasteiger partial charge is 0.475 e. The number of pyridine rings is 1. The lowest BCUT2D eigenvalue weighted by atomic mass is 10.2. The number of rotatable bonds is 3. The molecule has 1 N–H and O–H groups in total. The average molecular weight is 255 g/mol. The third-order valence-electron chi connectivity index (χ3n) is 2.59. The number of fused-ring (bicyclic) bond motifs is 1. The molecule has 3 aromatic rings. The molecule has 5 heteroatoms. The van der Waals surface area contributed by atoms with Crippen LogP contribution in [-0.4, -0.2) is 16.1 Å². The number of aromatic carboxylic acids is 1. The highest BCUT2D eigenvalue weighted by Crippen LogP contribution is 2.26. The third kappa shape index (κ3) is 2.26. The van der Waals surface area contributed by atoms with E-state index in [-0.39, 0.29) is 11.7 Å². The summed E-state index contributed by atoms with van der Waals surface area (Å²) in [4.78, 5) is 14.9. The summed E-state index contributed by atoms with van der Waals surface area (Å²) >= 11 is 0. The topological polar surface area (TPSA) is 72.6 Å². The molecule has 19 heavy (non-hydrogen) atoms. The van der Waals surface area contributed by atoms with Crippen LogP contribution < -0.4 is 4.74 Å². The van der Waals surface area contributed by atoms with Crippen LogP contribution in [0.25, 0.3) is 10.9 Å². The summed E-state index contributed by atoms with van der Waals surface area (Å²) < 4.78 is 10.5. The summed E-state index contributed by atoms with van der Waals surface area (Å²) in [7, 11) is 0. The van der Waals surface area contributed by atoms with E-state index >= 15 is 0 Å². The zero-order chi connectivity index (χ0) is 13.2. The van der Waals surface area contributed by atoms with Crippen molar-refractivity contribution in [1.29, 1.82) is 0 Å². The average Bonchev–Trinajstić information content (AvgIpc) is 2.87. The molecule has 0 aliphatic carbocycles. The fraction of sp³-hybridized carbons (Fsp3) is 0. The molecule has 1 aromatic carbocycles. The van der Waals surface area contributed by atoms with Gasteiger partial charge in [0.1, 0.15) is 5.75 Å². The second kappa shape index (κ2) is 4.45. The van der Waals surface area contributed by atoms with Gasteiger partial charge in [0.15, 0.2) is 0 Å².